The highest BCUT2D eigenvalue weighted by Crippen LogP contribution is 2.45. The highest BCUT2D eigenvalue weighted by Gasteiger charge is 2.41. The lowest BCUT2D eigenvalue weighted by Crippen LogP contribution is -2.50. The van der Waals surface area contributed by atoms with E-state index in [2.05, 4.69) is 37.8 Å². The average Bonchev–Trinajstić information content (AvgIpc) is 3.34. The number of fused-ring (bicyclic) bond motifs is 4. The molecule has 0 saturated heterocycles. The van der Waals surface area contributed by atoms with E-state index in [9.17, 15) is 0 Å². The number of nitrogens with one attached hydrogen (secondary N) is 1. The van der Waals surface area contributed by atoms with Crippen LogP contribution in [0.25, 0.3) is 11.0 Å². The van der Waals surface area contributed by atoms with Crippen molar-refractivity contribution in [2.45, 2.75) is 77.4 Å². The first-order chi connectivity index (χ1) is 15.0. The average molecular weight is 420 g/mol. The summed E-state index contributed by atoms with van der Waals surface area (Å²) in [6.07, 6.45) is 10.5. The van der Waals surface area contributed by atoms with E-state index in [-0.39, 0.29) is 5.54 Å². The number of H-pyrrole nitrogens is 1. The van der Waals surface area contributed by atoms with Gasteiger partial charge in [0.15, 0.2) is 5.65 Å². The zero-order valence-corrected chi connectivity index (χ0v) is 18.7. The Kier molecular flexibility index (Phi) is 4.39. The van der Waals surface area contributed by atoms with Gasteiger partial charge in [-0.05, 0) is 63.9 Å². The van der Waals surface area contributed by atoms with Crippen LogP contribution in [0.3, 0.4) is 0 Å². The largest absolute Gasteiger partial charge is 0.366 e. The molecule has 6 rings (SSSR count). The second-order valence-electron chi connectivity index (χ2n) is 10.3. The minimum absolute atomic E-state index is 0.125. The first-order valence-electron chi connectivity index (χ1n) is 11.9. The summed E-state index contributed by atoms with van der Waals surface area (Å²) in [5.74, 6) is 1.51. The molecule has 3 atom stereocenters. The molecule has 2 aliphatic carbocycles. The summed E-state index contributed by atoms with van der Waals surface area (Å²) in [7, 11) is 0. The maximum Gasteiger partial charge on any atom is 0.157 e. The molecular weight excluding hydrogens is 386 g/mol. The number of nitrogens with two attached hydrogens (primary N) is 1. The topological polar surface area (TPSA) is 88.6 Å². The van der Waals surface area contributed by atoms with E-state index in [0.29, 0.717) is 0 Å². The minimum atomic E-state index is 0.125. The zero-order chi connectivity index (χ0) is 21.2. The number of aromatic nitrogens is 5. The Morgan fingerprint density at radius 1 is 1.26 bits per heavy atom. The molecular formula is C24H33N7. The number of aryl methyl sites for hydroxylation is 2. The van der Waals surface area contributed by atoms with Crippen molar-refractivity contribution in [1.29, 1.82) is 0 Å². The van der Waals surface area contributed by atoms with Gasteiger partial charge in [-0.1, -0.05) is 6.42 Å². The third-order valence-corrected chi connectivity index (χ3v) is 8.21. The molecule has 0 aromatic carbocycles. The van der Waals surface area contributed by atoms with Crippen LogP contribution in [0.1, 0.15) is 61.2 Å². The van der Waals surface area contributed by atoms with E-state index in [0.717, 1.165) is 54.6 Å². The Balaban J connectivity index is 1.26. The van der Waals surface area contributed by atoms with Crippen molar-refractivity contribution in [1.82, 2.24) is 25.0 Å². The molecule has 1 aliphatic heterocycles. The first-order valence-corrected chi connectivity index (χ1v) is 11.9. The van der Waals surface area contributed by atoms with Gasteiger partial charge in [-0.15, -0.1) is 0 Å². The molecule has 0 spiro atoms. The number of pyridine rings is 1. The Morgan fingerprint density at radius 2 is 2.16 bits per heavy atom. The lowest BCUT2D eigenvalue weighted by atomic mass is 9.63. The van der Waals surface area contributed by atoms with Crippen molar-refractivity contribution < 1.29 is 0 Å². The number of nitrogens with zero attached hydrogens (tertiary/aromatic N) is 5. The van der Waals surface area contributed by atoms with E-state index >= 15 is 0 Å². The summed E-state index contributed by atoms with van der Waals surface area (Å²) in [5.41, 5.74) is 13.9. The van der Waals surface area contributed by atoms with Crippen LogP contribution in [0.5, 0.6) is 0 Å². The molecule has 0 amide bonds. The summed E-state index contributed by atoms with van der Waals surface area (Å²) in [5, 5.41) is 13.4. The van der Waals surface area contributed by atoms with Crippen LogP contribution in [0, 0.1) is 25.7 Å². The molecule has 4 heterocycles. The molecule has 3 aromatic heterocycles. The summed E-state index contributed by atoms with van der Waals surface area (Å²) in [6, 6.07) is 2.19. The molecule has 3 unspecified atom stereocenters. The van der Waals surface area contributed by atoms with Crippen molar-refractivity contribution in [3.05, 3.63) is 34.9 Å². The van der Waals surface area contributed by atoms with Gasteiger partial charge in [0.1, 0.15) is 0 Å². The molecule has 3 aromatic rings. The third kappa shape index (κ3) is 3.25. The molecule has 2 saturated carbocycles. The first kappa shape index (κ1) is 19.3. The Bertz CT molecular complexity index is 1130. The van der Waals surface area contributed by atoms with Crippen molar-refractivity contribution >= 4 is 16.7 Å². The third-order valence-electron chi connectivity index (χ3n) is 8.21. The van der Waals surface area contributed by atoms with Gasteiger partial charge in [0.05, 0.1) is 23.0 Å². The summed E-state index contributed by atoms with van der Waals surface area (Å²) in [4.78, 5) is 7.05. The molecule has 2 bridgehead atoms. The molecule has 31 heavy (non-hydrogen) atoms. The maximum atomic E-state index is 6.64. The van der Waals surface area contributed by atoms with E-state index in [4.69, 9.17) is 10.8 Å². The Morgan fingerprint density at radius 3 is 3.06 bits per heavy atom. The van der Waals surface area contributed by atoms with Gasteiger partial charge in [-0.2, -0.15) is 10.2 Å². The van der Waals surface area contributed by atoms with Crippen molar-refractivity contribution in [3.8, 4) is 0 Å². The lowest BCUT2D eigenvalue weighted by Gasteiger charge is -2.46. The molecule has 0 radical (unpaired) electrons. The van der Waals surface area contributed by atoms with Crippen molar-refractivity contribution in [3.63, 3.8) is 0 Å². The zero-order valence-electron chi connectivity index (χ0n) is 18.7. The normalized spacial score (nSPS) is 28.2. The van der Waals surface area contributed by atoms with E-state index in [1.165, 1.54) is 61.2 Å². The number of anilines is 1. The van der Waals surface area contributed by atoms with Gasteiger partial charge in [-0.25, -0.2) is 4.98 Å². The molecule has 7 nitrogen and oxygen atoms in total. The van der Waals surface area contributed by atoms with Crippen LogP contribution < -0.4 is 10.6 Å². The fourth-order valence-electron chi connectivity index (χ4n) is 6.56. The predicted molar refractivity (Wildman–Crippen MR) is 122 cm³/mol. The van der Waals surface area contributed by atoms with Gasteiger partial charge in [0, 0.05) is 48.5 Å². The lowest BCUT2D eigenvalue weighted by molar-refractivity contribution is 0.0836. The fourth-order valence-corrected chi connectivity index (χ4v) is 6.56. The van der Waals surface area contributed by atoms with E-state index in [1.807, 2.05) is 13.1 Å². The minimum Gasteiger partial charge on any atom is -0.366 e. The molecule has 7 heteroatoms. The SMILES string of the molecule is Cc1cc(N2CCc3c(c(C)nn3CC3CCC4(N)CCCC3C4)C2)c2cn[nH]c2n1. The van der Waals surface area contributed by atoms with Crippen LogP contribution in [-0.4, -0.2) is 37.0 Å². The molecule has 2 fully saturated rings. The fraction of sp³-hybridized carbons (Fsp3) is 0.625. The van der Waals surface area contributed by atoms with Gasteiger partial charge < -0.3 is 10.6 Å². The summed E-state index contributed by atoms with van der Waals surface area (Å²) < 4.78 is 2.36. The van der Waals surface area contributed by atoms with Gasteiger partial charge in [-0.3, -0.25) is 9.78 Å². The van der Waals surface area contributed by atoms with Crippen molar-refractivity contribution in [2.75, 3.05) is 11.4 Å². The maximum absolute atomic E-state index is 6.64. The smallest absolute Gasteiger partial charge is 0.157 e. The summed E-state index contributed by atoms with van der Waals surface area (Å²) >= 11 is 0. The van der Waals surface area contributed by atoms with E-state index < -0.39 is 0 Å². The Hall–Kier alpha value is -2.41. The number of rotatable bonds is 3. The Labute approximate surface area is 183 Å². The van der Waals surface area contributed by atoms with Gasteiger partial charge >= 0.3 is 0 Å². The van der Waals surface area contributed by atoms with E-state index in [1.54, 1.807) is 0 Å². The number of aromatic amines is 1. The summed E-state index contributed by atoms with van der Waals surface area (Å²) in [6.45, 7) is 7.20. The quantitative estimate of drug-likeness (QED) is 0.677. The highest BCUT2D eigenvalue weighted by atomic mass is 15.3. The van der Waals surface area contributed by atoms with Crippen LogP contribution in [0.4, 0.5) is 5.69 Å². The van der Waals surface area contributed by atoms with Crippen LogP contribution in [-0.2, 0) is 19.5 Å². The molecule has 3 aliphatic rings. The van der Waals surface area contributed by atoms with Crippen LogP contribution >= 0.6 is 0 Å². The van der Waals surface area contributed by atoms with Gasteiger partial charge in [0.25, 0.3) is 0 Å². The molecule has 3 N–H and O–H groups in total. The second-order valence-corrected chi connectivity index (χ2v) is 10.3. The van der Waals surface area contributed by atoms with Gasteiger partial charge in [0.2, 0.25) is 0 Å². The number of hydrogen-bond acceptors (Lipinski definition) is 5. The monoisotopic (exact) mass is 419 g/mol. The molecule has 164 valence electrons. The second kappa shape index (κ2) is 7.05. The highest BCUT2D eigenvalue weighted by molar-refractivity contribution is 5.89. The predicted octanol–water partition coefficient (Wildman–Crippen LogP) is 3.63. The van der Waals surface area contributed by atoms with Crippen LogP contribution in [0.15, 0.2) is 12.3 Å². The number of hydrogen-bond donors (Lipinski definition) is 2. The standard InChI is InChI=1S/C24H33N7/c1-15-10-22(19-12-26-28-23(19)27-15)30-9-6-21-20(14-30)16(2)29-31(21)13-18-5-8-24(25)7-3-4-17(18)11-24/h10,12,17-18H,3-9,11,13-14,25H2,1-2H3,(H,26,27,28). The van der Waals surface area contributed by atoms with Crippen LogP contribution in [0.2, 0.25) is 0 Å². The van der Waals surface area contributed by atoms with Crippen molar-refractivity contribution in [2.24, 2.45) is 17.6 Å².